The molecule has 0 aliphatic rings. The van der Waals surface area contributed by atoms with Crippen molar-refractivity contribution in [2.45, 2.75) is 25.6 Å². The second kappa shape index (κ2) is 6.86. The first-order valence-corrected chi connectivity index (χ1v) is 7.85. The second-order valence-corrected chi connectivity index (χ2v) is 7.22. The fourth-order valence-corrected chi connectivity index (χ4v) is 2.31. The lowest BCUT2D eigenvalue weighted by atomic mass is 10.2. The highest BCUT2D eigenvalue weighted by Gasteiger charge is 2.16. The van der Waals surface area contributed by atoms with Gasteiger partial charge < -0.3 is 10.1 Å². The molecule has 6 heteroatoms. The van der Waals surface area contributed by atoms with E-state index < -0.39 is 15.1 Å². The zero-order valence-corrected chi connectivity index (χ0v) is 12.3. The van der Waals surface area contributed by atoms with Crippen molar-refractivity contribution in [2.24, 2.45) is 0 Å². The van der Waals surface area contributed by atoms with Crippen LogP contribution >= 0.6 is 0 Å². The molecule has 1 aromatic carbocycles. The van der Waals surface area contributed by atoms with Crippen molar-refractivity contribution in [1.82, 2.24) is 5.32 Å². The van der Waals surface area contributed by atoms with Crippen LogP contribution in [0.15, 0.2) is 18.2 Å². The van der Waals surface area contributed by atoms with Gasteiger partial charge in [-0.05, 0) is 39.1 Å². The van der Waals surface area contributed by atoms with Crippen molar-refractivity contribution < 1.29 is 17.5 Å². The molecule has 0 aliphatic heterocycles. The summed E-state index contributed by atoms with van der Waals surface area (Å²) in [7, 11) is -1.37. The molecular formula is C13H20FNO3S. The van der Waals surface area contributed by atoms with Gasteiger partial charge in [0.1, 0.15) is 18.2 Å². The van der Waals surface area contributed by atoms with Crippen molar-refractivity contribution in [3.05, 3.63) is 29.6 Å². The third kappa shape index (κ3) is 4.80. The predicted octanol–water partition coefficient (Wildman–Crippen LogP) is 1.75. The Kier molecular flexibility index (Phi) is 5.75. The van der Waals surface area contributed by atoms with Crippen molar-refractivity contribution >= 4 is 9.84 Å². The molecule has 0 heterocycles. The average molecular weight is 289 g/mol. The van der Waals surface area contributed by atoms with E-state index in [1.807, 2.05) is 0 Å². The molecule has 4 nitrogen and oxygen atoms in total. The van der Waals surface area contributed by atoms with E-state index in [9.17, 15) is 12.8 Å². The predicted molar refractivity (Wildman–Crippen MR) is 73.6 cm³/mol. The highest BCUT2D eigenvalue weighted by Crippen LogP contribution is 2.19. The molecule has 0 aromatic heterocycles. The van der Waals surface area contributed by atoms with Crippen LogP contribution in [0.4, 0.5) is 4.39 Å². The summed E-state index contributed by atoms with van der Waals surface area (Å²) in [6.45, 7) is 3.81. The van der Waals surface area contributed by atoms with Gasteiger partial charge in [0, 0.05) is 12.1 Å². The van der Waals surface area contributed by atoms with Crippen molar-refractivity contribution in [3.8, 4) is 5.75 Å². The highest BCUT2D eigenvalue weighted by molar-refractivity contribution is 7.91. The van der Waals surface area contributed by atoms with Gasteiger partial charge in [0.15, 0.2) is 9.84 Å². The number of rotatable bonds is 7. The molecule has 0 saturated carbocycles. The van der Waals surface area contributed by atoms with Crippen LogP contribution in [0.2, 0.25) is 0 Å². The smallest absolute Gasteiger partial charge is 0.155 e. The number of nitrogens with one attached hydrogen (secondary N) is 1. The quantitative estimate of drug-likeness (QED) is 0.831. The summed E-state index contributed by atoms with van der Waals surface area (Å²) in [6.07, 6.45) is 0. The number of halogens is 1. The van der Waals surface area contributed by atoms with Crippen LogP contribution in [-0.4, -0.2) is 33.1 Å². The van der Waals surface area contributed by atoms with Gasteiger partial charge in [-0.25, -0.2) is 12.8 Å². The fraction of sp³-hybridized carbons (Fsp3) is 0.538. The van der Waals surface area contributed by atoms with E-state index in [2.05, 4.69) is 5.32 Å². The molecule has 0 amide bonds. The normalized spacial score (nSPS) is 11.8. The van der Waals surface area contributed by atoms with Crippen LogP contribution in [0.5, 0.6) is 5.75 Å². The number of ether oxygens (including phenoxy) is 1. The first-order chi connectivity index (χ1) is 8.86. The molecular weight excluding hydrogens is 269 g/mol. The molecule has 0 atom stereocenters. The Balaban J connectivity index is 2.68. The molecule has 0 unspecified atom stereocenters. The number of hydrogen-bond acceptors (Lipinski definition) is 4. The molecule has 0 radical (unpaired) electrons. The summed E-state index contributed by atoms with van der Waals surface area (Å²) in [5, 5.41) is 2.50. The standard InChI is InChI=1S/C13H20FNO3S/c1-10(2)19(16,17)7-6-18-13-5-4-12(14)8-11(13)9-15-3/h4-5,8,10,15H,6-7,9H2,1-3H3. The summed E-state index contributed by atoms with van der Waals surface area (Å²) in [4.78, 5) is 0. The van der Waals surface area contributed by atoms with Crippen LogP contribution in [0.3, 0.4) is 0 Å². The highest BCUT2D eigenvalue weighted by atomic mass is 32.2. The summed E-state index contributed by atoms with van der Waals surface area (Å²) >= 11 is 0. The van der Waals surface area contributed by atoms with Gasteiger partial charge in [-0.3, -0.25) is 0 Å². The van der Waals surface area contributed by atoms with Gasteiger partial charge in [-0.15, -0.1) is 0 Å². The Morgan fingerprint density at radius 3 is 2.63 bits per heavy atom. The first kappa shape index (κ1) is 15.9. The van der Waals surface area contributed by atoms with Crippen LogP contribution in [-0.2, 0) is 16.4 Å². The Labute approximate surface area is 113 Å². The van der Waals surface area contributed by atoms with Crippen LogP contribution in [0, 0.1) is 5.82 Å². The monoisotopic (exact) mass is 289 g/mol. The summed E-state index contributed by atoms with van der Waals surface area (Å²) < 4.78 is 41.8. The Morgan fingerprint density at radius 2 is 2.05 bits per heavy atom. The van der Waals surface area contributed by atoms with Crippen LogP contribution in [0.1, 0.15) is 19.4 Å². The number of sulfone groups is 1. The van der Waals surface area contributed by atoms with Crippen molar-refractivity contribution in [2.75, 3.05) is 19.4 Å². The largest absolute Gasteiger partial charge is 0.492 e. The zero-order valence-electron chi connectivity index (χ0n) is 11.4. The van der Waals surface area contributed by atoms with Gasteiger partial charge >= 0.3 is 0 Å². The second-order valence-electron chi connectivity index (χ2n) is 4.55. The van der Waals surface area contributed by atoms with E-state index in [1.165, 1.54) is 18.2 Å². The van der Waals surface area contributed by atoms with Gasteiger partial charge in [0.2, 0.25) is 0 Å². The lowest BCUT2D eigenvalue weighted by molar-refractivity contribution is 0.335. The third-order valence-electron chi connectivity index (χ3n) is 2.73. The zero-order chi connectivity index (χ0) is 14.5. The minimum atomic E-state index is -3.12. The summed E-state index contributed by atoms with van der Waals surface area (Å²) in [6, 6.07) is 4.19. The molecule has 108 valence electrons. The minimum Gasteiger partial charge on any atom is -0.492 e. The lowest BCUT2D eigenvalue weighted by Crippen LogP contribution is -2.22. The molecule has 19 heavy (non-hydrogen) atoms. The van der Waals surface area contributed by atoms with E-state index in [-0.39, 0.29) is 18.2 Å². The summed E-state index contributed by atoms with van der Waals surface area (Å²) in [5.74, 6) is 0.128. The molecule has 1 N–H and O–H groups in total. The molecule has 1 rings (SSSR count). The molecule has 0 fully saturated rings. The van der Waals surface area contributed by atoms with Gasteiger partial charge in [0.25, 0.3) is 0 Å². The van der Waals surface area contributed by atoms with Gasteiger partial charge in [-0.1, -0.05) is 0 Å². The van der Waals surface area contributed by atoms with E-state index in [0.29, 0.717) is 17.9 Å². The average Bonchev–Trinajstić information content (AvgIpc) is 2.32. The lowest BCUT2D eigenvalue weighted by Gasteiger charge is -2.12. The molecule has 0 saturated heterocycles. The maximum atomic E-state index is 13.1. The third-order valence-corrected chi connectivity index (χ3v) is 4.91. The van der Waals surface area contributed by atoms with E-state index in [1.54, 1.807) is 20.9 Å². The van der Waals surface area contributed by atoms with E-state index >= 15 is 0 Å². The molecule has 0 spiro atoms. The maximum absolute atomic E-state index is 13.1. The Hall–Kier alpha value is -1.14. The van der Waals surface area contributed by atoms with E-state index in [4.69, 9.17) is 4.74 Å². The van der Waals surface area contributed by atoms with E-state index in [0.717, 1.165) is 0 Å². The van der Waals surface area contributed by atoms with Gasteiger partial charge in [0.05, 0.1) is 11.0 Å². The molecule has 0 aliphatic carbocycles. The topological polar surface area (TPSA) is 55.4 Å². The fourth-order valence-electron chi connectivity index (χ4n) is 1.52. The number of benzene rings is 1. The van der Waals surface area contributed by atoms with Crippen molar-refractivity contribution in [3.63, 3.8) is 0 Å². The Morgan fingerprint density at radius 1 is 1.37 bits per heavy atom. The SMILES string of the molecule is CNCc1cc(F)ccc1OCCS(=O)(=O)C(C)C. The maximum Gasteiger partial charge on any atom is 0.155 e. The Bertz CT molecular complexity index is 515. The minimum absolute atomic E-state index is 0.0406. The van der Waals surface area contributed by atoms with Crippen molar-refractivity contribution in [1.29, 1.82) is 0 Å². The first-order valence-electron chi connectivity index (χ1n) is 6.14. The van der Waals surface area contributed by atoms with Crippen LogP contribution < -0.4 is 10.1 Å². The number of hydrogen-bond donors (Lipinski definition) is 1. The molecule has 0 bridgehead atoms. The molecule has 1 aromatic rings. The summed E-state index contributed by atoms with van der Waals surface area (Å²) in [5.41, 5.74) is 0.671. The van der Waals surface area contributed by atoms with Crippen LogP contribution in [0.25, 0.3) is 0 Å². The van der Waals surface area contributed by atoms with Gasteiger partial charge in [-0.2, -0.15) is 0 Å².